The van der Waals surface area contributed by atoms with Crippen LogP contribution in [0.3, 0.4) is 0 Å². The quantitative estimate of drug-likeness (QED) is 0.365. The minimum atomic E-state index is -3.17. The number of halogens is 4. The van der Waals surface area contributed by atoms with E-state index in [1.165, 1.54) is 19.2 Å². The van der Waals surface area contributed by atoms with Gasteiger partial charge < -0.3 is 9.47 Å². The van der Waals surface area contributed by atoms with Crippen LogP contribution in [0.25, 0.3) is 0 Å². The van der Waals surface area contributed by atoms with Gasteiger partial charge in [0.1, 0.15) is 0 Å². The average Bonchev–Trinajstić information content (AvgIpc) is 2.63. The molecule has 1 atom stereocenters. The van der Waals surface area contributed by atoms with E-state index in [4.69, 9.17) is 4.74 Å². The van der Waals surface area contributed by atoms with E-state index in [2.05, 4.69) is 4.74 Å². The third-order valence-electron chi connectivity index (χ3n) is 4.28. The van der Waals surface area contributed by atoms with E-state index < -0.39 is 40.6 Å². The van der Waals surface area contributed by atoms with Crippen molar-refractivity contribution in [1.29, 1.82) is 0 Å². The van der Waals surface area contributed by atoms with Crippen molar-refractivity contribution in [2.75, 3.05) is 14.2 Å². The minimum absolute atomic E-state index is 0.0157. The summed E-state index contributed by atoms with van der Waals surface area (Å²) in [5, 5.41) is 11.4. The number of ether oxygens (including phenoxy) is 2. The van der Waals surface area contributed by atoms with Crippen molar-refractivity contribution in [2.45, 2.75) is 26.1 Å². The molecule has 10 heteroatoms. The number of nitro benzene ring substituents is 1. The van der Waals surface area contributed by atoms with Crippen LogP contribution in [0.1, 0.15) is 24.1 Å². The summed E-state index contributed by atoms with van der Waals surface area (Å²) in [6.07, 6.45) is 0. The molecule has 0 bridgehead atoms. The van der Waals surface area contributed by atoms with E-state index in [0.29, 0.717) is 5.56 Å². The highest BCUT2D eigenvalue weighted by atomic mass is 19.3. The van der Waals surface area contributed by atoms with Crippen LogP contribution in [0.2, 0.25) is 0 Å². The number of benzene rings is 2. The molecule has 0 fully saturated rings. The summed E-state index contributed by atoms with van der Waals surface area (Å²) in [5.41, 5.74) is 0.217. The van der Waals surface area contributed by atoms with Gasteiger partial charge in [0.25, 0.3) is 5.69 Å². The number of methoxy groups -OCH3 is 1. The van der Waals surface area contributed by atoms with Gasteiger partial charge in [0.2, 0.25) is 0 Å². The second kappa shape index (κ2) is 8.87. The van der Waals surface area contributed by atoms with Crippen LogP contribution >= 0.6 is 0 Å². The summed E-state index contributed by atoms with van der Waals surface area (Å²) in [5.74, 6) is -2.52. The molecule has 0 saturated heterocycles. The van der Waals surface area contributed by atoms with Gasteiger partial charge in [0, 0.05) is 18.2 Å². The Morgan fingerprint density at radius 2 is 1.82 bits per heavy atom. The molecule has 28 heavy (non-hydrogen) atoms. The average molecular weight is 402 g/mol. The van der Waals surface area contributed by atoms with Crippen LogP contribution in [0.4, 0.5) is 23.2 Å². The maximum absolute atomic E-state index is 13.5. The Morgan fingerprint density at radius 1 is 1.14 bits per heavy atom. The molecule has 2 rings (SSSR count). The molecule has 0 aromatic heterocycles. The van der Waals surface area contributed by atoms with Crippen LogP contribution in [0, 0.1) is 21.7 Å². The van der Waals surface area contributed by atoms with Gasteiger partial charge in [0.15, 0.2) is 23.1 Å². The maximum atomic E-state index is 13.5. The summed E-state index contributed by atoms with van der Waals surface area (Å²) in [4.78, 5) is 12.3. The van der Waals surface area contributed by atoms with Crippen LogP contribution in [0.15, 0.2) is 30.3 Å². The molecule has 0 amide bonds. The predicted octanol–water partition coefficient (Wildman–Crippen LogP) is 4.68. The highest BCUT2D eigenvalue weighted by Gasteiger charge is 2.24. The number of alkyl halides is 2. The summed E-state index contributed by atoms with van der Waals surface area (Å²) in [6.45, 7) is -1.44. The zero-order valence-corrected chi connectivity index (χ0v) is 15.3. The fourth-order valence-corrected chi connectivity index (χ4v) is 2.67. The molecule has 0 radical (unpaired) electrons. The van der Waals surface area contributed by atoms with Crippen molar-refractivity contribution in [3.63, 3.8) is 0 Å². The Balaban J connectivity index is 2.34. The maximum Gasteiger partial charge on any atom is 0.387 e. The molecular weight excluding hydrogens is 384 g/mol. The second-order valence-electron chi connectivity index (χ2n) is 6.03. The molecule has 1 unspecified atom stereocenters. The largest absolute Gasteiger partial charge is 0.493 e. The number of hydrogen-bond donors (Lipinski definition) is 0. The van der Waals surface area contributed by atoms with Crippen molar-refractivity contribution in [2.24, 2.45) is 0 Å². The summed E-state index contributed by atoms with van der Waals surface area (Å²) < 4.78 is 60.9. The van der Waals surface area contributed by atoms with Crippen molar-refractivity contribution in [1.82, 2.24) is 4.90 Å². The van der Waals surface area contributed by atoms with Crippen molar-refractivity contribution < 1.29 is 32.0 Å². The number of rotatable bonds is 8. The molecule has 0 N–H and O–H groups in total. The Morgan fingerprint density at radius 3 is 2.36 bits per heavy atom. The highest BCUT2D eigenvalue weighted by Crippen LogP contribution is 2.37. The molecule has 0 aliphatic heterocycles. The monoisotopic (exact) mass is 402 g/mol. The summed E-state index contributed by atoms with van der Waals surface area (Å²) in [6, 6.07) is 5.15. The highest BCUT2D eigenvalue weighted by molar-refractivity contribution is 5.54. The van der Waals surface area contributed by atoms with Crippen LogP contribution in [-0.2, 0) is 6.54 Å². The Kier molecular flexibility index (Phi) is 6.79. The molecule has 0 aliphatic rings. The molecule has 6 nitrogen and oxygen atoms in total. The first-order valence-electron chi connectivity index (χ1n) is 8.09. The second-order valence-corrected chi connectivity index (χ2v) is 6.03. The molecule has 0 aliphatic carbocycles. The number of nitro groups is 1. The molecule has 0 saturated carbocycles. The summed E-state index contributed by atoms with van der Waals surface area (Å²) >= 11 is 0. The first-order chi connectivity index (χ1) is 13.1. The molecule has 2 aromatic rings. The lowest BCUT2D eigenvalue weighted by Crippen LogP contribution is -2.22. The normalized spacial score (nSPS) is 12.3. The summed E-state index contributed by atoms with van der Waals surface area (Å²) in [7, 11) is 2.85. The Hall–Kier alpha value is -2.88. The van der Waals surface area contributed by atoms with Crippen LogP contribution in [0.5, 0.6) is 11.5 Å². The van der Waals surface area contributed by atoms with E-state index >= 15 is 0 Å². The smallest absolute Gasteiger partial charge is 0.387 e. The van der Waals surface area contributed by atoms with Crippen molar-refractivity contribution in [3.05, 3.63) is 63.2 Å². The third kappa shape index (κ3) is 4.89. The van der Waals surface area contributed by atoms with E-state index in [1.54, 1.807) is 18.9 Å². The zero-order chi connectivity index (χ0) is 21.0. The topological polar surface area (TPSA) is 64.8 Å². The van der Waals surface area contributed by atoms with Crippen molar-refractivity contribution in [3.8, 4) is 11.5 Å². The van der Waals surface area contributed by atoms with Gasteiger partial charge in [-0.15, -0.1) is 0 Å². The van der Waals surface area contributed by atoms with E-state index in [0.717, 1.165) is 18.2 Å². The standard InChI is InChI=1S/C18H18F4N2O4/c1-10(11-4-5-13(19)14(20)6-11)23(2)9-12-7-16(27-3)17(28-18(21)22)8-15(12)24(25)26/h4-8,10,18H,9H2,1-3H3. The molecule has 0 heterocycles. The number of hydrogen-bond acceptors (Lipinski definition) is 5. The van der Waals surface area contributed by atoms with E-state index in [1.807, 2.05) is 0 Å². The van der Waals surface area contributed by atoms with E-state index in [-0.39, 0.29) is 17.9 Å². The lowest BCUT2D eigenvalue weighted by Gasteiger charge is -2.25. The molecule has 0 spiro atoms. The molecule has 152 valence electrons. The zero-order valence-electron chi connectivity index (χ0n) is 15.3. The lowest BCUT2D eigenvalue weighted by molar-refractivity contribution is -0.385. The van der Waals surface area contributed by atoms with Gasteiger partial charge in [-0.25, -0.2) is 8.78 Å². The van der Waals surface area contributed by atoms with Gasteiger partial charge in [-0.1, -0.05) is 6.07 Å². The Bertz CT molecular complexity index is 864. The minimum Gasteiger partial charge on any atom is -0.493 e. The van der Waals surface area contributed by atoms with Gasteiger partial charge in [-0.05, 0) is 37.7 Å². The van der Waals surface area contributed by atoms with E-state index in [9.17, 15) is 27.7 Å². The fraction of sp³-hybridized carbons (Fsp3) is 0.333. The predicted molar refractivity (Wildman–Crippen MR) is 92.5 cm³/mol. The first kappa shape index (κ1) is 21.4. The SMILES string of the molecule is COc1cc(CN(C)C(C)c2ccc(F)c(F)c2)c([N+](=O)[O-])cc1OC(F)F. The molecular formula is C18H18F4N2O4. The van der Waals surface area contributed by atoms with Crippen molar-refractivity contribution >= 4 is 5.69 Å². The molecule has 2 aromatic carbocycles. The lowest BCUT2D eigenvalue weighted by atomic mass is 10.1. The van der Waals surface area contributed by atoms with Crippen LogP contribution < -0.4 is 9.47 Å². The van der Waals surface area contributed by atoms with Crippen LogP contribution in [-0.4, -0.2) is 30.6 Å². The fourth-order valence-electron chi connectivity index (χ4n) is 2.67. The number of nitrogens with zero attached hydrogens (tertiary/aromatic N) is 2. The third-order valence-corrected chi connectivity index (χ3v) is 4.28. The van der Waals surface area contributed by atoms with Gasteiger partial charge in [-0.3, -0.25) is 15.0 Å². The van der Waals surface area contributed by atoms with Gasteiger partial charge in [-0.2, -0.15) is 8.78 Å². The Labute approximate surface area is 158 Å². The first-order valence-corrected chi connectivity index (χ1v) is 8.09. The van der Waals surface area contributed by atoms with Gasteiger partial charge in [0.05, 0.1) is 18.1 Å². The van der Waals surface area contributed by atoms with Gasteiger partial charge >= 0.3 is 6.61 Å².